The zero-order valence-corrected chi connectivity index (χ0v) is 18.1. The van der Waals surface area contributed by atoms with Crippen molar-refractivity contribution in [3.63, 3.8) is 0 Å². The van der Waals surface area contributed by atoms with Crippen LogP contribution in [0.4, 0.5) is 17.6 Å². The third-order valence-electron chi connectivity index (χ3n) is 5.91. The van der Waals surface area contributed by atoms with E-state index in [0.717, 1.165) is 59.6 Å². The molecule has 1 aliphatic rings. The van der Waals surface area contributed by atoms with E-state index < -0.39 is 17.7 Å². The summed E-state index contributed by atoms with van der Waals surface area (Å²) < 4.78 is 56.1. The van der Waals surface area contributed by atoms with E-state index in [4.69, 9.17) is 0 Å². The highest BCUT2D eigenvalue weighted by Gasteiger charge is 2.30. The SMILES string of the molecule is Cc1c(C2CCN(Sc3ccc(C(F)(F)F)cc3)CC2)c2cc(F)ccc2n1CC(=O)O. The first-order chi connectivity index (χ1) is 15.1. The van der Waals surface area contributed by atoms with Crippen LogP contribution in [0, 0.1) is 12.7 Å². The molecule has 0 bridgehead atoms. The molecule has 2 heterocycles. The lowest BCUT2D eigenvalue weighted by Gasteiger charge is -2.31. The van der Waals surface area contributed by atoms with Crippen LogP contribution in [0.1, 0.15) is 35.6 Å². The Hall–Kier alpha value is -2.52. The normalized spacial score (nSPS) is 16.0. The maximum Gasteiger partial charge on any atom is 0.416 e. The van der Waals surface area contributed by atoms with E-state index >= 15 is 0 Å². The number of benzene rings is 2. The van der Waals surface area contributed by atoms with Crippen molar-refractivity contribution in [2.24, 2.45) is 0 Å². The first kappa shape index (κ1) is 22.7. The minimum atomic E-state index is -4.35. The second-order valence-corrected chi connectivity index (χ2v) is 9.13. The smallest absolute Gasteiger partial charge is 0.416 e. The van der Waals surface area contributed by atoms with Crippen molar-refractivity contribution in [3.8, 4) is 0 Å². The molecule has 170 valence electrons. The number of hydrogen-bond donors (Lipinski definition) is 1. The highest BCUT2D eigenvalue weighted by atomic mass is 32.2. The van der Waals surface area contributed by atoms with Gasteiger partial charge in [-0.25, -0.2) is 8.70 Å². The molecule has 0 spiro atoms. The summed E-state index contributed by atoms with van der Waals surface area (Å²) in [5.74, 6) is -1.16. The predicted octanol–water partition coefficient (Wildman–Crippen LogP) is 6.08. The molecule has 2 aromatic carbocycles. The lowest BCUT2D eigenvalue weighted by Crippen LogP contribution is -2.27. The van der Waals surface area contributed by atoms with E-state index in [1.165, 1.54) is 36.2 Å². The maximum absolute atomic E-state index is 14.0. The molecule has 4 rings (SSSR count). The number of carboxylic acids is 1. The number of hydrogen-bond acceptors (Lipinski definition) is 3. The molecular formula is C23H22F4N2O2S. The van der Waals surface area contributed by atoms with Gasteiger partial charge in [0.15, 0.2) is 0 Å². The van der Waals surface area contributed by atoms with Gasteiger partial charge < -0.3 is 9.67 Å². The third kappa shape index (κ3) is 4.63. The molecule has 0 saturated carbocycles. The molecule has 9 heteroatoms. The van der Waals surface area contributed by atoms with Gasteiger partial charge in [-0.2, -0.15) is 13.2 Å². The van der Waals surface area contributed by atoms with Gasteiger partial charge in [0.25, 0.3) is 0 Å². The van der Waals surface area contributed by atoms with E-state index in [-0.39, 0.29) is 18.3 Å². The summed E-state index contributed by atoms with van der Waals surface area (Å²) >= 11 is 1.43. The summed E-state index contributed by atoms with van der Waals surface area (Å²) in [5.41, 5.74) is 1.87. The zero-order valence-electron chi connectivity index (χ0n) is 17.3. The Labute approximate surface area is 187 Å². The number of fused-ring (bicyclic) bond motifs is 1. The standard InChI is InChI=1S/C23H22F4N2O2S/c1-14-22(19-12-17(24)4-7-20(19)29(14)13-21(30)31)15-8-10-28(11-9-15)32-18-5-2-16(3-6-18)23(25,26)27/h2-7,12,15H,8-11,13H2,1H3,(H,30,31). The zero-order chi connectivity index (χ0) is 23.0. The molecule has 1 saturated heterocycles. The molecule has 0 unspecified atom stereocenters. The van der Waals surface area contributed by atoms with Gasteiger partial charge in [-0.15, -0.1) is 0 Å². The summed E-state index contributed by atoms with van der Waals surface area (Å²) in [5, 5.41) is 10.0. The van der Waals surface area contributed by atoms with Gasteiger partial charge in [0, 0.05) is 34.6 Å². The average Bonchev–Trinajstić information content (AvgIpc) is 2.99. The molecule has 1 aliphatic heterocycles. The first-order valence-corrected chi connectivity index (χ1v) is 11.0. The largest absolute Gasteiger partial charge is 0.480 e. The third-order valence-corrected chi connectivity index (χ3v) is 7.01. The summed E-state index contributed by atoms with van der Waals surface area (Å²) in [6.45, 7) is 3.13. The van der Waals surface area contributed by atoms with Gasteiger partial charge in [0.05, 0.1) is 5.56 Å². The maximum atomic E-state index is 14.0. The van der Waals surface area contributed by atoms with Crippen LogP contribution < -0.4 is 0 Å². The minimum absolute atomic E-state index is 0.152. The van der Waals surface area contributed by atoms with Crippen LogP contribution in [0.5, 0.6) is 0 Å². The van der Waals surface area contributed by atoms with Gasteiger partial charge in [-0.3, -0.25) is 4.79 Å². The van der Waals surface area contributed by atoms with Crippen molar-refractivity contribution >= 4 is 28.8 Å². The van der Waals surface area contributed by atoms with Gasteiger partial charge in [-0.05, 0) is 85.7 Å². The Morgan fingerprint density at radius 3 is 2.38 bits per heavy atom. The molecule has 4 nitrogen and oxygen atoms in total. The van der Waals surface area contributed by atoms with Gasteiger partial charge in [0.1, 0.15) is 12.4 Å². The van der Waals surface area contributed by atoms with Crippen LogP contribution in [0.2, 0.25) is 0 Å². The number of carboxylic acid groups (broad SMARTS) is 1. The second kappa shape index (κ2) is 8.78. The fraction of sp³-hybridized carbons (Fsp3) is 0.348. The minimum Gasteiger partial charge on any atom is -0.480 e. The van der Waals surface area contributed by atoms with Crippen molar-refractivity contribution in [3.05, 3.63) is 65.1 Å². The molecule has 3 aromatic rings. The fourth-order valence-corrected chi connectivity index (χ4v) is 5.37. The van der Waals surface area contributed by atoms with E-state index in [1.54, 1.807) is 10.6 Å². The average molecular weight is 467 g/mol. The van der Waals surface area contributed by atoms with Crippen LogP contribution in [0.3, 0.4) is 0 Å². The monoisotopic (exact) mass is 466 g/mol. The topological polar surface area (TPSA) is 45.5 Å². The van der Waals surface area contributed by atoms with Crippen LogP contribution in [-0.2, 0) is 17.5 Å². The van der Waals surface area contributed by atoms with Gasteiger partial charge in [-0.1, -0.05) is 0 Å². The predicted molar refractivity (Wildman–Crippen MR) is 115 cm³/mol. The molecule has 1 N–H and O–H groups in total. The Kier molecular flexibility index (Phi) is 6.22. The summed E-state index contributed by atoms with van der Waals surface area (Å²) in [6.07, 6.45) is -2.77. The number of halogens is 4. The first-order valence-electron chi connectivity index (χ1n) is 10.2. The molecule has 0 amide bonds. The number of rotatable bonds is 5. The van der Waals surface area contributed by atoms with Crippen LogP contribution in [-0.4, -0.2) is 33.0 Å². The van der Waals surface area contributed by atoms with Crippen LogP contribution in [0.25, 0.3) is 10.9 Å². The highest BCUT2D eigenvalue weighted by Crippen LogP contribution is 2.40. The Bertz CT molecular complexity index is 1130. The van der Waals surface area contributed by atoms with Crippen LogP contribution >= 0.6 is 11.9 Å². The number of aromatic nitrogens is 1. The number of alkyl halides is 3. The van der Waals surface area contributed by atoms with E-state index in [9.17, 15) is 27.5 Å². The Balaban J connectivity index is 1.50. The van der Waals surface area contributed by atoms with Crippen LogP contribution in [0.15, 0.2) is 47.4 Å². The van der Waals surface area contributed by atoms with Crippen molar-refractivity contribution in [2.45, 2.75) is 43.3 Å². The van der Waals surface area contributed by atoms with E-state index in [1.807, 2.05) is 6.92 Å². The fourth-order valence-electron chi connectivity index (χ4n) is 4.42. The van der Waals surface area contributed by atoms with E-state index in [2.05, 4.69) is 4.31 Å². The molecule has 0 aliphatic carbocycles. The Morgan fingerprint density at radius 2 is 1.78 bits per heavy atom. The lowest BCUT2D eigenvalue weighted by atomic mass is 9.88. The highest BCUT2D eigenvalue weighted by molar-refractivity contribution is 7.97. The second-order valence-electron chi connectivity index (χ2n) is 7.96. The van der Waals surface area contributed by atoms with Gasteiger partial charge >= 0.3 is 12.1 Å². The summed E-state index contributed by atoms with van der Waals surface area (Å²) in [6, 6.07) is 9.57. The lowest BCUT2D eigenvalue weighted by molar-refractivity contribution is -0.138. The summed E-state index contributed by atoms with van der Waals surface area (Å²) in [7, 11) is 0. The van der Waals surface area contributed by atoms with E-state index in [0.29, 0.717) is 5.52 Å². The quantitative estimate of drug-likeness (QED) is 0.366. The number of nitrogens with zero attached hydrogens (tertiary/aromatic N) is 2. The molecule has 1 aromatic heterocycles. The summed E-state index contributed by atoms with van der Waals surface area (Å²) in [4.78, 5) is 12.1. The molecule has 0 radical (unpaired) electrons. The van der Waals surface area contributed by atoms with Crippen molar-refractivity contribution < 1.29 is 27.5 Å². The molecule has 0 atom stereocenters. The number of carbonyl (C=O) groups is 1. The number of piperidine rings is 1. The number of aliphatic carboxylic acids is 1. The Morgan fingerprint density at radius 1 is 1.12 bits per heavy atom. The molecule has 1 fully saturated rings. The van der Waals surface area contributed by atoms with Crippen molar-refractivity contribution in [1.29, 1.82) is 0 Å². The van der Waals surface area contributed by atoms with Crippen molar-refractivity contribution in [1.82, 2.24) is 8.87 Å². The molecule has 32 heavy (non-hydrogen) atoms. The van der Waals surface area contributed by atoms with Gasteiger partial charge in [0.2, 0.25) is 0 Å². The van der Waals surface area contributed by atoms with Crippen molar-refractivity contribution in [2.75, 3.05) is 13.1 Å². The molecular weight excluding hydrogens is 444 g/mol.